The highest BCUT2D eigenvalue weighted by Gasteiger charge is 2.22. The summed E-state index contributed by atoms with van der Waals surface area (Å²) in [7, 11) is 1.51. The van der Waals surface area contributed by atoms with E-state index in [9.17, 15) is 9.59 Å². The van der Waals surface area contributed by atoms with Crippen molar-refractivity contribution in [1.29, 1.82) is 0 Å². The van der Waals surface area contributed by atoms with E-state index in [1.807, 2.05) is 26.8 Å². The molecule has 0 saturated carbocycles. The van der Waals surface area contributed by atoms with Crippen LogP contribution in [0.15, 0.2) is 12.1 Å². The van der Waals surface area contributed by atoms with Gasteiger partial charge in [0.15, 0.2) is 6.61 Å². The third-order valence-corrected chi connectivity index (χ3v) is 4.68. The smallest absolute Gasteiger partial charge is 0.260 e. The van der Waals surface area contributed by atoms with E-state index in [2.05, 4.69) is 6.07 Å². The van der Waals surface area contributed by atoms with E-state index in [1.54, 1.807) is 9.80 Å². The number of hydrogen-bond donors (Lipinski definition) is 0. The Bertz CT molecular complexity index is 630. The Balaban J connectivity index is 1.91. The number of ether oxygens (including phenoxy) is 2. The summed E-state index contributed by atoms with van der Waals surface area (Å²) in [5.41, 5.74) is 3.25. The molecule has 1 heterocycles. The van der Waals surface area contributed by atoms with Gasteiger partial charge in [0, 0.05) is 33.3 Å². The molecule has 0 aliphatic carbocycles. The minimum Gasteiger partial charge on any atom is -0.483 e. The summed E-state index contributed by atoms with van der Waals surface area (Å²) in [6.45, 7) is 8.50. The Morgan fingerprint density at radius 3 is 2.08 bits per heavy atom. The van der Waals surface area contributed by atoms with Crippen molar-refractivity contribution in [2.45, 2.75) is 27.2 Å². The van der Waals surface area contributed by atoms with Gasteiger partial charge >= 0.3 is 0 Å². The van der Waals surface area contributed by atoms with Crippen molar-refractivity contribution in [3.8, 4) is 5.75 Å². The number of rotatable bonds is 5. The fourth-order valence-electron chi connectivity index (χ4n) is 3.00. The van der Waals surface area contributed by atoms with Crippen LogP contribution < -0.4 is 4.74 Å². The van der Waals surface area contributed by atoms with Crippen LogP contribution >= 0.6 is 0 Å². The summed E-state index contributed by atoms with van der Waals surface area (Å²) in [5.74, 6) is 0.723. The number of carbonyl (C=O) groups is 2. The van der Waals surface area contributed by atoms with Crippen molar-refractivity contribution in [3.63, 3.8) is 0 Å². The van der Waals surface area contributed by atoms with Crippen molar-refractivity contribution in [3.05, 3.63) is 28.8 Å². The van der Waals surface area contributed by atoms with Crippen LogP contribution in [0.1, 0.15) is 23.1 Å². The quantitative estimate of drug-likeness (QED) is 0.813. The number of carbonyl (C=O) groups excluding carboxylic acids is 2. The van der Waals surface area contributed by atoms with Crippen molar-refractivity contribution in [1.82, 2.24) is 9.80 Å². The van der Waals surface area contributed by atoms with Crippen molar-refractivity contribution < 1.29 is 19.1 Å². The lowest BCUT2D eigenvalue weighted by Gasteiger charge is -2.22. The molecule has 0 aromatic heterocycles. The first-order valence-electron chi connectivity index (χ1n) is 8.68. The molecule has 1 fully saturated rings. The lowest BCUT2D eigenvalue weighted by Crippen LogP contribution is -2.40. The summed E-state index contributed by atoms with van der Waals surface area (Å²) in [4.78, 5) is 28.0. The first-order valence-corrected chi connectivity index (χ1v) is 8.68. The molecule has 0 radical (unpaired) electrons. The first kappa shape index (κ1) is 19.2. The normalized spacial score (nSPS) is 15.0. The standard InChI is InChI=1S/C19H28N2O4/c1-14-6-7-15(2)19(16(14)3)25-13-18(23)21-9-5-8-20(10-11-21)17(22)12-24-4/h6-7H,5,8-13H2,1-4H3. The number of aryl methyl sites for hydroxylation is 2. The predicted molar refractivity (Wildman–Crippen MR) is 95.8 cm³/mol. The fourth-order valence-corrected chi connectivity index (χ4v) is 3.00. The zero-order valence-electron chi connectivity index (χ0n) is 15.6. The third-order valence-electron chi connectivity index (χ3n) is 4.68. The van der Waals surface area contributed by atoms with Crippen LogP contribution in [0, 0.1) is 20.8 Å². The molecular weight excluding hydrogens is 320 g/mol. The van der Waals surface area contributed by atoms with Gasteiger partial charge in [-0.1, -0.05) is 12.1 Å². The van der Waals surface area contributed by atoms with Crippen molar-refractivity contribution in [2.75, 3.05) is 46.5 Å². The Kier molecular flexibility index (Phi) is 6.82. The molecule has 2 amide bonds. The molecule has 138 valence electrons. The molecule has 0 atom stereocenters. The number of methoxy groups -OCH3 is 1. The number of hydrogen-bond acceptors (Lipinski definition) is 4. The van der Waals surface area contributed by atoms with Crippen molar-refractivity contribution in [2.24, 2.45) is 0 Å². The largest absolute Gasteiger partial charge is 0.483 e. The summed E-state index contributed by atoms with van der Waals surface area (Å²) in [6.07, 6.45) is 0.768. The van der Waals surface area contributed by atoms with Gasteiger partial charge in [0.25, 0.3) is 5.91 Å². The molecule has 1 aliphatic heterocycles. The number of nitrogens with zero attached hydrogens (tertiary/aromatic N) is 2. The highest BCUT2D eigenvalue weighted by molar-refractivity contribution is 5.79. The van der Waals surface area contributed by atoms with Gasteiger partial charge in [0.2, 0.25) is 5.91 Å². The Morgan fingerprint density at radius 2 is 1.48 bits per heavy atom. The second-order valence-electron chi connectivity index (χ2n) is 6.49. The molecule has 0 unspecified atom stereocenters. The van der Waals surface area contributed by atoms with Gasteiger partial charge in [-0.2, -0.15) is 0 Å². The third kappa shape index (κ3) is 4.95. The van der Waals surface area contributed by atoms with Gasteiger partial charge in [0.05, 0.1) is 0 Å². The molecule has 1 aromatic carbocycles. The Morgan fingerprint density at radius 1 is 0.920 bits per heavy atom. The molecule has 2 rings (SSSR count). The maximum Gasteiger partial charge on any atom is 0.260 e. The Labute approximate surface area is 149 Å². The van der Waals surface area contributed by atoms with E-state index in [0.717, 1.165) is 28.9 Å². The lowest BCUT2D eigenvalue weighted by molar-refractivity contribution is -0.136. The van der Waals surface area contributed by atoms with Crippen molar-refractivity contribution >= 4 is 11.8 Å². The molecule has 1 saturated heterocycles. The second-order valence-corrected chi connectivity index (χ2v) is 6.49. The monoisotopic (exact) mass is 348 g/mol. The van der Waals surface area contributed by atoms with Crippen LogP contribution in [-0.2, 0) is 14.3 Å². The first-order chi connectivity index (χ1) is 11.9. The number of amides is 2. The van der Waals surface area contributed by atoms with E-state index in [0.29, 0.717) is 26.2 Å². The topological polar surface area (TPSA) is 59.1 Å². The van der Waals surface area contributed by atoms with Crippen LogP contribution in [0.3, 0.4) is 0 Å². The van der Waals surface area contributed by atoms with E-state index in [-0.39, 0.29) is 25.0 Å². The van der Waals surface area contributed by atoms with E-state index in [4.69, 9.17) is 9.47 Å². The molecule has 1 aromatic rings. The van der Waals surface area contributed by atoms with Crippen LogP contribution in [-0.4, -0.2) is 68.1 Å². The van der Waals surface area contributed by atoms with Crippen LogP contribution in [0.5, 0.6) is 5.75 Å². The zero-order valence-corrected chi connectivity index (χ0v) is 15.6. The van der Waals surface area contributed by atoms with Gasteiger partial charge < -0.3 is 19.3 Å². The average molecular weight is 348 g/mol. The minimum absolute atomic E-state index is 0.0250. The molecule has 0 N–H and O–H groups in total. The predicted octanol–water partition coefficient (Wildman–Crippen LogP) is 1.70. The maximum atomic E-state index is 12.5. The minimum atomic E-state index is -0.0404. The molecule has 6 heteroatoms. The highest BCUT2D eigenvalue weighted by Crippen LogP contribution is 2.25. The Hall–Kier alpha value is -2.08. The van der Waals surface area contributed by atoms with Crippen LogP contribution in [0.2, 0.25) is 0 Å². The molecule has 0 bridgehead atoms. The van der Waals surface area contributed by atoms with Gasteiger partial charge in [-0.15, -0.1) is 0 Å². The number of benzene rings is 1. The molecule has 25 heavy (non-hydrogen) atoms. The molecule has 6 nitrogen and oxygen atoms in total. The van der Waals surface area contributed by atoms with Gasteiger partial charge in [-0.3, -0.25) is 9.59 Å². The SMILES string of the molecule is COCC(=O)N1CCCN(C(=O)COc2c(C)ccc(C)c2C)CC1. The lowest BCUT2D eigenvalue weighted by atomic mass is 10.1. The summed E-state index contributed by atoms with van der Waals surface area (Å²) in [6, 6.07) is 4.06. The summed E-state index contributed by atoms with van der Waals surface area (Å²) < 4.78 is 10.7. The van der Waals surface area contributed by atoms with E-state index < -0.39 is 0 Å². The summed E-state index contributed by atoms with van der Waals surface area (Å²) >= 11 is 0. The molecule has 1 aliphatic rings. The average Bonchev–Trinajstić information content (AvgIpc) is 2.84. The van der Waals surface area contributed by atoms with E-state index >= 15 is 0 Å². The van der Waals surface area contributed by atoms with Gasteiger partial charge in [0.1, 0.15) is 12.4 Å². The van der Waals surface area contributed by atoms with Gasteiger partial charge in [-0.05, 0) is 43.9 Å². The second kappa shape index (κ2) is 8.85. The fraction of sp³-hybridized carbons (Fsp3) is 0.579. The van der Waals surface area contributed by atoms with Crippen LogP contribution in [0.25, 0.3) is 0 Å². The van der Waals surface area contributed by atoms with E-state index in [1.165, 1.54) is 7.11 Å². The van der Waals surface area contributed by atoms with Crippen LogP contribution in [0.4, 0.5) is 0 Å². The maximum absolute atomic E-state index is 12.5. The molecule has 0 spiro atoms. The molecular formula is C19H28N2O4. The summed E-state index contributed by atoms with van der Waals surface area (Å²) in [5, 5.41) is 0. The van der Waals surface area contributed by atoms with Gasteiger partial charge in [-0.25, -0.2) is 0 Å². The highest BCUT2D eigenvalue weighted by atomic mass is 16.5. The zero-order chi connectivity index (χ0) is 18.4.